The molecule has 1 saturated heterocycles. The van der Waals surface area contributed by atoms with Crippen LogP contribution in [0, 0.1) is 0 Å². The van der Waals surface area contributed by atoms with E-state index in [2.05, 4.69) is 6.92 Å². The molecule has 0 aliphatic carbocycles. The first kappa shape index (κ1) is 16.2. The van der Waals surface area contributed by atoms with Crippen LogP contribution in [-0.4, -0.2) is 10.2 Å². The minimum Gasteiger partial charge on any atom is -0.268 e. The molecule has 2 nitrogen and oxygen atoms in total. The number of hydrogen-bond acceptors (Lipinski definition) is 3. The lowest BCUT2D eigenvalue weighted by Gasteiger charge is -2.18. The third-order valence-corrected chi connectivity index (χ3v) is 5.25. The third kappa shape index (κ3) is 3.20. The van der Waals surface area contributed by atoms with Gasteiger partial charge in [0.2, 0.25) is 0 Å². The van der Waals surface area contributed by atoms with Gasteiger partial charge in [-0.25, -0.2) is 0 Å². The molecular formula is C18H14ClNOS2. The van der Waals surface area contributed by atoms with Gasteiger partial charge in [0, 0.05) is 5.02 Å². The smallest absolute Gasteiger partial charge is 0.268 e. The molecular weight excluding hydrogens is 346 g/mol. The predicted octanol–water partition coefficient (Wildman–Crippen LogP) is 5.31. The molecule has 1 heterocycles. The van der Waals surface area contributed by atoms with Gasteiger partial charge < -0.3 is 0 Å². The van der Waals surface area contributed by atoms with Crippen LogP contribution in [-0.2, 0) is 11.2 Å². The number of halogens is 1. The highest BCUT2D eigenvalue weighted by atomic mass is 35.5. The van der Waals surface area contributed by atoms with Crippen LogP contribution in [0.3, 0.4) is 0 Å². The maximum atomic E-state index is 12.8. The summed E-state index contributed by atoms with van der Waals surface area (Å²) in [6, 6.07) is 15.3. The maximum absolute atomic E-state index is 12.8. The normalized spacial score (nSPS) is 16.4. The number of carbonyl (C=O) groups excluding carboxylic acids is 1. The summed E-state index contributed by atoms with van der Waals surface area (Å²) < 4.78 is 0.550. The Morgan fingerprint density at radius 3 is 2.61 bits per heavy atom. The first-order valence-corrected chi connectivity index (χ1v) is 8.82. The van der Waals surface area contributed by atoms with E-state index in [9.17, 15) is 4.79 Å². The van der Waals surface area contributed by atoms with Gasteiger partial charge in [-0.15, -0.1) is 0 Å². The quantitative estimate of drug-likeness (QED) is 0.547. The van der Waals surface area contributed by atoms with Crippen LogP contribution in [0.2, 0.25) is 5.02 Å². The molecule has 0 unspecified atom stereocenters. The van der Waals surface area contributed by atoms with Crippen molar-refractivity contribution >= 4 is 57.6 Å². The summed E-state index contributed by atoms with van der Waals surface area (Å²) in [5.41, 5.74) is 2.78. The summed E-state index contributed by atoms with van der Waals surface area (Å²) in [4.78, 5) is 15.0. The van der Waals surface area contributed by atoms with E-state index in [4.69, 9.17) is 23.8 Å². The molecule has 5 heteroatoms. The maximum Gasteiger partial charge on any atom is 0.270 e. The predicted molar refractivity (Wildman–Crippen MR) is 103 cm³/mol. The van der Waals surface area contributed by atoms with E-state index in [0.29, 0.717) is 14.2 Å². The van der Waals surface area contributed by atoms with Gasteiger partial charge in [0.15, 0.2) is 4.32 Å². The molecule has 1 amide bonds. The minimum atomic E-state index is -0.0965. The van der Waals surface area contributed by atoms with Crippen LogP contribution in [0.5, 0.6) is 0 Å². The Balaban J connectivity index is 1.99. The molecule has 1 aliphatic heterocycles. The van der Waals surface area contributed by atoms with Gasteiger partial charge in [0.1, 0.15) is 0 Å². The lowest BCUT2D eigenvalue weighted by molar-refractivity contribution is -0.113. The zero-order valence-corrected chi connectivity index (χ0v) is 14.8. The van der Waals surface area contributed by atoms with Crippen LogP contribution in [0.15, 0.2) is 53.4 Å². The van der Waals surface area contributed by atoms with E-state index in [1.807, 2.05) is 42.5 Å². The molecule has 2 aromatic rings. The number of para-hydroxylation sites is 1. The monoisotopic (exact) mass is 359 g/mol. The fourth-order valence-electron chi connectivity index (χ4n) is 2.44. The fraction of sp³-hybridized carbons (Fsp3) is 0.111. The van der Waals surface area contributed by atoms with Crippen molar-refractivity contribution in [3.05, 3.63) is 69.6 Å². The van der Waals surface area contributed by atoms with Gasteiger partial charge in [-0.3, -0.25) is 9.69 Å². The highest BCUT2D eigenvalue weighted by molar-refractivity contribution is 8.27. The average Bonchev–Trinajstić information content (AvgIpc) is 2.83. The summed E-state index contributed by atoms with van der Waals surface area (Å²) in [6.07, 6.45) is 2.65. The van der Waals surface area contributed by atoms with Gasteiger partial charge in [-0.1, -0.05) is 78.9 Å². The number of thioether (sulfide) groups is 1. The Labute approximate surface area is 150 Å². The second-order valence-electron chi connectivity index (χ2n) is 5.02. The third-order valence-electron chi connectivity index (χ3n) is 3.60. The van der Waals surface area contributed by atoms with Gasteiger partial charge in [0.25, 0.3) is 5.91 Å². The first-order valence-electron chi connectivity index (χ1n) is 7.22. The number of rotatable bonds is 3. The molecule has 0 bridgehead atoms. The van der Waals surface area contributed by atoms with Crippen molar-refractivity contribution in [3.63, 3.8) is 0 Å². The number of carbonyl (C=O) groups is 1. The Hall–Kier alpha value is -1.62. The molecule has 23 heavy (non-hydrogen) atoms. The molecule has 0 aromatic heterocycles. The molecule has 0 saturated carbocycles. The SMILES string of the molecule is CCc1ccccc1N1C(=O)C(=Cc2ccccc2Cl)SC1=S. The Morgan fingerprint density at radius 2 is 1.87 bits per heavy atom. The number of thiocarbonyl (C=S) groups is 1. The molecule has 0 spiro atoms. The number of hydrogen-bond donors (Lipinski definition) is 0. The van der Waals surface area contributed by atoms with Crippen LogP contribution in [0.25, 0.3) is 6.08 Å². The van der Waals surface area contributed by atoms with E-state index in [-0.39, 0.29) is 5.91 Å². The van der Waals surface area contributed by atoms with Crippen molar-refractivity contribution in [1.82, 2.24) is 0 Å². The van der Waals surface area contributed by atoms with Gasteiger partial charge in [0.05, 0.1) is 10.6 Å². The van der Waals surface area contributed by atoms with E-state index in [1.54, 1.807) is 17.0 Å². The molecule has 0 radical (unpaired) electrons. The Bertz CT molecular complexity index is 816. The lowest BCUT2D eigenvalue weighted by Crippen LogP contribution is -2.28. The molecule has 1 fully saturated rings. The van der Waals surface area contributed by atoms with Gasteiger partial charge in [-0.05, 0) is 35.8 Å². The minimum absolute atomic E-state index is 0.0965. The number of aryl methyl sites for hydroxylation is 1. The zero-order chi connectivity index (χ0) is 16.4. The molecule has 0 N–H and O–H groups in total. The van der Waals surface area contributed by atoms with Crippen molar-refractivity contribution in [2.75, 3.05) is 4.90 Å². The molecule has 0 atom stereocenters. The summed E-state index contributed by atoms with van der Waals surface area (Å²) >= 11 is 12.9. The summed E-state index contributed by atoms with van der Waals surface area (Å²) in [5, 5.41) is 0.617. The number of nitrogens with zero attached hydrogens (tertiary/aromatic N) is 1. The first-order chi connectivity index (χ1) is 11.1. The van der Waals surface area contributed by atoms with E-state index in [0.717, 1.165) is 23.2 Å². The topological polar surface area (TPSA) is 20.3 Å². The van der Waals surface area contributed by atoms with Crippen molar-refractivity contribution in [1.29, 1.82) is 0 Å². The summed E-state index contributed by atoms with van der Waals surface area (Å²) in [6.45, 7) is 2.07. The van der Waals surface area contributed by atoms with E-state index < -0.39 is 0 Å². The van der Waals surface area contributed by atoms with Crippen molar-refractivity contribution in [2.45, 2.75) is 13.3 Å². The number of amides is 1. The van der Waals surface area contributed by atoms with Gasteiger partial charge >= 0.3 is 0 Å². The average molecular weight is 360 g/mol. The highest BCUT2D eigenvalue weighted by Gasteiger charge is 2.34. The number of benzene rings is 2. The lowest BCUT2D eigenvalue weighted by atomic mass is 10.1. The van der Waals surface area contributed by atoms with E-state index in [1.165, 1.54) is 11.8 Å². The molecule has 2 aromatic carbocycles. The van der Waals surface area contributed by atoms with Crippen LogP contribution in [0.4, 0.5) is 5.69 Å². The van der Waals surface area contributed by atoms with Crippen LogP contribution >= 0.6 is 35.6 Å². The number of anilines is 1. The van der Waals surface area contributed by atoms with Crippen LogP contribution < -0.4 is 4.90 Å². The standard InChI is InChI=1S/C18H14ClNOS2/c1-2-12-7-4-6-10-15(12)20-17(21)16(23-18(20)22)11-13-8-3-5-9-14(13)19/h3-11H,2H2,1H3. The molecule has 1 aliphatic rings. The summed E-state index contributed by atoms with van der Waals surface area (Å²) in [7, 11) is 0. The molecule has 116 valence electrons. The highest BCUT2D eigenvalue weighted by Crippen LogP contribution is 2.38. The fourth-order valence-corrected chi connectivity index (χ4v) is 3.90. The second-order valence-corrected chi connectivity index (χ2v) is 7.10. The summed E-state index contributed by atoms with van der Waals surface area (Å²) in [5.74, 6) is -0.0965. The Kier molecular flexibility index (Phi) is 4.85. The largest absolute Gasteiger partial charge is 0.270 e. The van der Waals surface area contributed by atoms with Crippen molar-refractivity contribution in [2.24, 2.45) is 0 Å². The Morgan fingerprint density at radius 1 is 1.17 bits per heavy atom. The second kappa shape index (κ2) is 6.87. The zero-order valence-electron chi connectivity index (χ0n) is 12.5. The van der Waals surface area contributed by atoms with E-state index >= 15 is 0 Å². The van der Waals surface area contributed by atoms with Crippen molar-refractivity contribution in [3.8, 4) is 0 Å². The van der Waals surface area contributed by atoms with Crippen molar-refractivity contribution < 1.29 is 4.79 Å². The van der Waals surface area contributed by atoms with Gasteiger partial charge in [-0.2, -0.15) is 0 Å². The molecule has 3 rings (SSSR count). The van der Waals surface area contributed by atoms with Crippen LogP contribution in [0.1, 0.15) is 18.1 Å².